The lowest BCUT2D eigenvalue weighted by atomic mass is 9.86. The summed E-state index contributed by atoms with van der Waals surface area (Å²) >= 11 is 3.73. The highest BCUT2D eigenvalue weighted by Crippen LogP contribution is 2.33. The van der Waals surface area contributed by atoms with Crippen molar-refractivity contribution in [2.75, 3.05) is 0 Å². The topological polar surface area (TPSA) is 33.0 Å². The Bertz CT molecular complexity index is 1250. The van der Waals surface area contributed by atoms with Gasteiger partial charge in [-0.05, 0) is 50.2 Å². The van der Waals surface area contributed by atoms with Crippen LogP contribution in [0.4, 0.5) is 0 Å². The van der Waals surface area contributed by atoms with Crippen LogP contribution in [0.2, 0.25) is 0 Å². The Morgan fingerprint density at radius 1 is 0.824 bits per heavy atom. The van der Waals surface area contributed by atoms with E-state index < -0.39 is 9.04 Å². The predicted molar refractivity (Wildman–Crippen MR) is 146 cm³/mol. The van der Waals surface area contributed by atoms with Gasteiger partial charge >= 0.3 is 0 Å². The highest BCUT2D eigenvalue weighted by Gasteiger charge is 2.21. The smallest absolute Gasteiger partial charge is 0.283 e. The molecule has 0 N–H and O–H groups in total. The Balaban J connectivity index is 1.72. The van der Waals surface area contributed by atoms with Crippen LogP contribution in [0.5, 0.6) is 0 Å². The molecule has 0 atom stereocenters. The van der Waals surface area contributed by atoms with Gasteiger partial charge in [-0.1, -0.05) is 122 Å². The molecule has 0 spiro atoms. The zero-order valence-electron chi connectivity index (χ0n) is 19.7. The second-order valence-electron chi connectivity index (χ2n) is 9.27. The molecule has 169 valence electrons. The summed E-state index contributed by atoms with van der Waals surface area (Å²) in [4.78, 5) is 0. The van der Waals surface area contributed by atoms with Gasteiger partial charge in [0.15, 0.2) is 0 Å². The summed E-state index contributed by atoms with van der Waals surface area (Å²) in [6.07, 6.45) is 0. The van der Waals surface area contributed by atoms with Crippen molar-refractivity contribution >= 4 is 35.3 Å². The zero-order chi connectivity index (χ0) is 24.1. The van der Waals surface area contributed by atoms with E-state index in [0.717, 1.165) is 21.2 Å². The van der Waals surface area contributed by atoms with Gasteiger partial charge in [0.2, 0.25) is 0 Å². The SMILES string of the molecule is CC(C)(C)c1ccc(-c2cc(C#N)cc(Br)c2CO[Si](c2ccccc2)c2ccccc2)cc1. The lowest BCUT2D eigenvalue weighted by molar-refractivity contribution is 0.321. The summed E-state index contributed by atoms with van der Waals surface area (Å²) < 4.78 is 7.58. The van der Waals surface area contributed by atoms with Crippen molar-refractivity contribution in [2.45, 2.75) is 32.8 Å². The molecule has 0 bridgehead atoms. The molecule has 0 unspecified atom stereocenters. The minimum absolute atomic E-state index is 0.0856. The van der Waals surface area contributed by atoms with Crippen LogP contribution in [0.15, 0.2) is 102 Å². The minimum atomic E-state index is -1.44. The standard InChI is InChI=1S/C30H27BrNOSi/c1-30(2,3)24-16-14-23(15-17-24)27-18-22(20-32)19-29(31)28(27)21-33-34(25-10-6-4-7-11-25)26-12-8-5-9-13-26/h4-19H,21H2,1-3H3. The number of benzene rings is 4. The molecule has 4 aromatic carbocycles. The van der Waals surface area contributed by atoms with Gasteiger partial charge < -0.3 is 4.43 Å². The quantitative estimate of drug-likeness (QED) is 0.266. The Labute approximate surface area is 212 Å². The largest absolute Gasteiger partial charge is 0.403 e. The van der Waals surface area contributed by atoms with Crippen molar-refractivity contribution in [1.82, 2.24) is 0 Å². The number of nitrogens with zero attached hydrogens (tertiary/aromatic N) is 1. The number of hydrogen-bond donors (Lipinski definition) is 0. The van der Waals surface area contributed by atoms with Gasteiger partial charge in [0.1, 0.15) is 0 Å². The van der Waals surface area contributed by atoms with E-state index in [4.69, 9.17) is 4.43 Å². The summed E-state index contributed by atoms with van der Waals surface area (Å²) in [6, 6.07) is 35.7. The molecule has 0 saturated heterocycles. The monoisotopic (exact) mass is 524 g/mol. The van der Waals surface area contributed by atoms with Gasteiger partial charge in [-0.2, -0.15) is 5.26 Å². The summed E-state index contributed by atoms with van der Waals surface area (Å²) in [5.74, 6) is 0. The third kappa shape index (κ3) is 5.56. The normalized spacial score (nSPS) is 11.4. The first-order chi connectivity index (χ1) is 16.4. The van der Waals surface area contributed by atoms with Crippen LogP contribution in [-0.4, -0.2) is 9.04 Å². The second kappa shape index (κ2) is 10.5. The lowest BCUT2D eigenvalue weighted by Gasteiger charge is -2.21. The summed E-state index contributed by atoms with van der Waals surface area (Å²) in [6.45, 7) is 7.08. The van der Waals surface area contributed by atoms with Gasteiger partial charge in [0, 0.05) is 4.47 Å². The summed E-state index contributed by atoms with van der Waals surface area (Å²) in [5.41, 5.74) is 5.15. The fraction of sp³-hybridized carbons (Fsp3) is 0.167. The molecule has 0 aromatic heterocycles. The van der Waals surface area contributed by atoms with Crippen LogP contribution < -0.4 is 10.4 Å². The van der Waals surface area contributed by atoms with Crippen LogP contribution in [0.1, 0.15) is 37.5 Å². The first-order valence-corrected chi connectivity index (χ1v) is 13.5. The second-order valence-corrected chi connectivity index (χ2v) is 12.2. The van der Waals surface area contributed by atoms with Gasteiger partial charge in [-0.15, -0.1) is 0 Å². The Morgan fingerprint density at radius 3 is 1.88 bits per heavy atom. The van der Waals surface area contributed by atoms with Gasteiger partial charge in [0.25, 0.3) is 9.04 Å². The molecule has 4 aromatic rings. The first kappa shape index (κ1) is 24.2. The summed E-state index contributed by atoms with van der Waals surface area (Å²) in [5, 5.41) is 12.0. The fourth-order valence-corrected chi connectivity index (χ4v) is 6.43. The van der Waals surface area contributed by atoms with Crippen LogP contribution in [0, 0.1) is 11.3 Å². The minimum Gasteiger partial charge on any atom is -0.403 e. The van der Waals surface area contributed by atoms with E-state index in [1.807, 2.05) is 24.3 Å². The molecular weight excluding hydrogens is 498 g/mol. The zero-order valence-corrected chi connectivity index (χ0v) is 22.3. The highest BCUT2D eigenvalue weighted by molar-refractivity contribution is 9.10. The Hall–Kier alpha value is -2.97. The van der Waals surface area contributed by atoms with Crippen molar-refractivity contribution in [3.05, 3.63) is 118 Å². The molecule has 0 aliphatic carbocycles. The molecule has 0 heterocycles. The van der Waals surface area contributed by atoms with E-state index >= 15 is 0 Å². The molecule has 0 saturated carbocycles. The van der Waals surface area contributed by atoms with Crippen molar-refractivity contribution in [3.63, 3.8) is 0 Å². The van der Waals surface area contributed by atoms with Crippen LogP contribution in [0.25, 0.3) is 11.1 Å². The maximum absolute atomic E-state index is 9.59. The summed E-state index contributed by atoms with van der Waals surface area (Å²) in [7, 11) is -1.44. The van der Waals surface area contributed by atoms with E-state index in [9.17, 15) is 5.26 Å². The number of nitriles is 1. The van der Waals surface area contributed by atoms with Crippen LogP contribution in [0.3, 0.4) is 0 Å². The molecule has 0 aliphatic heterocycles. The predicted octanol–water partition coefficient (Wildman–Crippen LogP) is 6.61. The van der Waals surface area contributed by atoms with E-state index in [-0.39, 0.29) is 5.41 Å². The van der Waals surface area contributed by atoms with E-state index in [2.05, 4.69) is 116 Å². The van der Waals surface area contributed by atoms with E-state index in [1.165, 1.54) is 15.9 Å². The Kier molecular flexibility index (Phi) is 7.48. The molecule has 4 rings (SSSR count). The lowest BCUT2D eigenvalue weighted by Crippen LogP contribution is -2.44. The number of halogens is 1. The highest BCUT2D eigenvalue weighted by atomic mass is 79.9. The van der Waals surface area contributed by atoms with Crippen LogP contribution in [-0.2, 0) is 16.4 Å². The van der Waals surface area contributed by atoms with Crippen molar-refractivity contribution in [3.8, 4) is 17.2 Å². The molecule has 2 nitrogen and oxygen atoms in total. The van der Waals surface area contributed by atoms with E-state index in [1.54, 1.807) is 0 Å². The van der Waals surface area contributed by atoms with E-state index in [0.29, 0.717) is 12.2 Å². The molecule has 4 heteroatoms. The Morgan fingerprint density at radius 2 is 1.38 bits per heavy atom. The fourth-order valence-electron chi connectivity index (χ4n) is 3.91. The third-order valence-corrected chi connectivity index (χ3v) is 8.68. The first-order valence-electron chi connectivity index (χ1n) is 11.3. The van der Waals surface area contributed by atoms with Crippen LogP contribution >= 0.6 is 15.9 Å². The van der Waals surface area contributed by atoms with Gasteiger partial charge in [0.05, 0.1) is 18.2 Å². The average molecular weight is 526 g/mol. The molecular formula is C30H27BrNOSi. The van der Waals surface area contributed by atoms with Gasteiger partial charge in [-0.3, -0.25) is 0 Å². The maximum atomic E-state index is 9.59. The van der Waals surface area contributed by atoms with Crippen molar-refractivity contribution in [1.29, 1.82) is 5.26 Å². The maximum Gasteiger partial charge on any atom is 0.283 e. The molecule has 1 radical (unpaired) electrons. The molecule has 34 heavy (non-hydrogen) atoms. The van der Waals surface area contributed by atoms with Crippen molar-refractivity contribution < 1.29 is 4.43 Å². The van der Waals surface area contributed by atoms with Crippen molar-refractivity contribution in [2.24, 2.45) is 0 Å². The average Bonchev–Trinajstić information content (AvgIpc) is 2.85. The molecule has 0 fully saturated rings. The molecule has 0 aliphatic rings. The number of hydrogen-bond acceptors (Lipinski definition) is 2. The van der Waals surface area contributed by atoms with Gasteiger partial charge in [-0.25, -0.2) is 0 Å². The molecule has 0 amide bonds. The number of rotatable bonds is 6. The third-order valence-electron chi connectivity index (χ3n) is 5.82.